The summed E-state index contributed by atoms with van der Waals surface area (Å²) in [5.74, 6) is 1.27. The maximum absolute atomic E-state index is 5.47. The van der Waals surface area contributed by atoms with Gasteiger partial charge in [0.15, 0.2) is 5.65 Å². The van der Waals surface area contributed by atoms with E-state index in [1.54, 1.807) is 11.8 Å². The van der Waals surface area contributed by atoms with Crippen LogP contribution in [-0.4, -0.2) is 27.8 Å². The highest BCUT2D eigenvalue weighted by Gasteiger charge is 2.15. The second kappa shape index (κ2) is 8.90. The summed E-state index contributed by atoms with van der Waals surface area (Å²) in [5, 5.41) is 7.94. The minimum absolute atomic E-state index is 0.629. The molecule has 1 N–H and O–H groups in total. The van der Waals surface area contributed by atoms with Crippen LogP contribution in [0.3, 0.4) is 0 Å². The second-order valence-corrected chi connectivity index (χ2v) is 8.65. The third-order valence-corrected chi connectivity index (χ3v) is 6.39. The standard InChI is InChI=1S/C24H24N4OS/c1-2-4-21(5-3-1)30-22-10-11-23-26-24(27-28(23)17-22)25-16-18-6-8-19(9-7-18)20-12-14-29-15-13-20/h1-11,17,20H,12-16H2,(H,25,27). The Morgan fingerprint density at radius 3 is 2.53 bits per heavy atom. The number of hydrogen-bond donors (Lipinski definition) is 1. The van der Waals surface area contributed by atoms with Crippen molar-refractivity contribution in [2.45, 2.75) is 35.1 Å². The molecule has 1 aliphatic heterocycles. The van der Waals surface area contributed by atoms with Crippen LogP contribution in [0.15, 0.2) is 82.7 Å². The highest BCUT2D eigenvalue weighted by Crippen LogP contribution is 2.28. The Bertz CT molecular complexity index is 1110. The van der Waals surface area contributed by atoms with Gasteiger partial charge in [0, 0.05) is 35.7 Å². The molecule has 0 bridgehead atoms. The molecule has 0 amide bonds. The fourth-order valence-electron chi connectivity index (χ4n) is 3.74. The summed E-state index contributed by atoms with van der Waals surface area (Å²) in [6.45, 7) is 2.45. The van der Waals surface area contributed by atoms with Crippen LogP contribution in [0.5, 0.6) is 0 Å². The molecule has 2 aromatic carbocycles. The fourth-order valence-corrected chi connectivity index (χ4v) is 4.60. The van der Waals surface area contributed by atoms with Crippen LogP contribution in [0.1, 0.15) is 29.9 Å². The SMILES string of the molecule is c1ccc(Sc2ccc3nc(NCc4ccc(C5CCOCC5)cc4)nn3c2)cc1. The van der Waals surface area contributed by atoms with Gasteiger partial charge in [0.2, 0.25) is 5.95 Å². The molecule has 0 atom stereocenters. The second-order valence-electron chi connectivity index (χ2n) is 7.50. The summed E-state index contributed by atoms with van der Waals surface area (Å²) in [5.41, 5.74) is 3.48. The summed E-state index contributed by atoms with van der Waals surface area (Å²) in [4.78, 5) is 6.93. The number of pyridine rings is 1. The molecule has 30 heavy (non-hydrogen) atoms. The van der Waals surface area contributed by atoms with Crippen molar-refractivity contribution in [1.29, 1.82) is 0 Å². The Labute approximate surface area is 180 Å². The average Bonchev–Trinajstić information content (AvgIpc) is 3.22. The third kappa shape index (κ3) is 4.50. The van der Waals surface area contributed by atoms with Crippen molar-refractivity contribution in [2.75, 3.05) is 18.5 Å². The quantitative estimate of drug-likeness (QED) is 0.457. The van der Waals surface area contributed by atoms with Gasteiger partial charge in [-0.3, -0.25) is 0 Å². The lowest BCUT2D eigenvalue weighted by Gasteiger charge is -2.22. The molecule has 1 aliphatic rings. The smallest absolute Gasteiger partial charge is 0.243 e. The molecule has 5 nitrogen and oxygen atoms in total. The van der Waals surface area contributed by atoms with Crippen molar-refractivity contribution in [3.05, 3.63) is 84.1 Å². The van der Waals surface area contributed by atoms with Gasteiger partial charge in [-0.25, -0.2) is 4.52 Å². The lowest BCUT2D eigenvalue weighted by Crippen LogP contribution is -2.14. The molecule has 3 heterocycles. The van der Waals surface area contributed by atoms with Crippen molar-refractivity contribution in [3.8, 4) is 0 Å². The Balaban J connectivity index is 1.23. The summed E-state index contributed by atoms with van der Waals surface area (Å²) in [6, 6.07) is 23.3. The van der Waals surface area contributed by atoms with Crippen molar-refractivity contribution in [3.63, 3.8) is 0 Å². The normalized spacial score (nSPS) is 14.8. The van der Waals surface area contributed by atoms with E-state index < -0.39 is 0 Å². The first kappa shape index (κ1) is 19.2. The van der Waals surface area contributed by atoms with Gasteiger partial charge >= 0.3 is 0 Å². The molecule has 1 fully saturated rings. The molecule has 0 radical (unpaired) electrons. The minimum Gasteiger partial charge on any atom is -0.381 e. The van der Waals surface area contributed by atoms with E-state index in [0.29, 0.717) is 18.4 Å². The number of fused-ring (bicyclic) bond motifs is 1. The zero-order valence-corrected chi connectivity index (χ0v) is 17.5. The molecule has 6 heteroatoms. The zero-order chi connectivity index (χ0) is 20.2. The predicted octanol–water partition coefficient (Wildman–Crippen LogP) is 5.39. The van der Waals surface area contributed by atoms with Crippen LogP contribution >= 0.6 is 11.8 Å². The van der Waals surface area contributed by atoms with Crippen molar-refractivity contribution >= 4 is 23.4 Å². The van der Waals surface area contributed by atoms with E-state index in [4.69, 9.17) is 4.74 Å². The van der Waals surface area contributed by atoms with Crippen LogP contribution in [0, 0.1) is 0 Å². The Morgan fingerprint density at radius 1 is 0.933 bits per heavy atom. The summed E-state index contributed by atoms with van der Waals surface area (Å²) in [6.07, 6.45) is 4.26. The van der Waals surface area contributed by atoms with E-state index in [1.807, 2.05) is 22.8 Å². The predicted molar refractivity (Wildman–Crippen MR) is 120 cm³/mol. The molecule has 2 aromatic heterocycles. The zero-order valence-electron chi connectivity index (χ0n) is 16.7. The Morgan fingerprint density at radius 2 is 1.73 bits per heavy atom. The van der Waals surface area contributed by atoms with Gasteiger partial charge < -0.3 is 10.1 Å². The van der Waals surface area contributed by atoms with E-state index in [9.17, 15) is 0 Å². The highest BCUT2D eigenvalue weighted by molar-refractivity contribution is 7.99. The van der Waals surface area contributed by atoms with Gasteiger partial charge in [-0.15, -0.1) is 5.10 Å². The van der Waals surface area contributed by atoms with Gasteiger partial charge in [-0.1, -0.05) is 54.2 Å². The van der Waals surface area contributed by atoms with Crippen molar-refractivity contribution in [2.24, 2.45) is 0 Å². The molecular weight excluding hydrogens is 392 g/mol. The lowest BCUT2D eigenvalue weighted by molar-refractivity contribution is 0.0853. The van der Waals surface area contributed by atoms with E-state index in [-0.39, 0.29) is 0 Å². The topological polar surface area (TPSA) is 51.5 Å². The monoisotopic (exact) mass is 416 g/mol. The molecule has 4 aromatic rings. The largest absolute Gasteiger partial charge is 0.381 e. The van der Waals surface area contributed by atoms with Gasteiger partial charge in [-0.05, 0) is 54.2 Å². The molecule has 5 rings (SSSR count). The molecule has 0 saturated carbocycles. The van der Waals surface area contributed by atoms with Crippen LogP contribution in [0.4, 0.5) is 5.95 Å². The van der Waals surface area contributed by atoms with Crippen molar-refractivity contribution in [1.82, 2.24) is 14.6 Å². The maximum Gasteiger partial charge on any atom is 0.243 e. The number of ether oxygens (including phenoxy) is 1. The van der Waals surface area contributed by atoms with Gasteiger partial charge in [0.05, 0.1) is 0 Å². The lowest BCUT2D eigenvalue weighted by atomic mass is 9.91. The van der Waals surface area contributed by atoms with Gasteiger partial charge in [0.25, 0.3) is 0 Å². The number of nitrogens with zero attached hydrogens (tertiary/aromatic N) is 3. The number of nitrogens with one attached hydrogen (secondary N) is 1. The number of hydrogen-bond acceptors (Lipinski definition) is 5. The van der Waals surface area contributed by atoms with Crippen LogP contribution < -0.4 is 5.32 Å². The van der Waals surface area contributed by atoms with Crippen LogP contribution in [0.25, 0.3) is 5.65 Å². The number of benzene rings is 2. The van der Waals surface area contributed by atoms with E-state index >= 15 is 0 Å². The molecule has 1 saturated heterocycles. The molecule has 0 spiro atoms. The fraction of sp³-hybridized carbons (Fsp3) is 0.250. The highest BCUT2D eigenvalue weighted by atomic mass is 32.2. The number of aromatic nitrogens is 3. The summed E-state index contributed by atoms with van der Waals surface area (Å²) < 4.78 is 7.30. The average molecular weight is 417 g/mol. The number of anilines is 1. The van der Waals surface area contributed by atoms with Gasteiger partial charge in [-0.2, -0.15) is 4.98 Å². The van der Waals surface area contributed by atoms with Crippen molar-refractivity contribution < 1.29 is 4.74 Å². The van der Waals surface area contributed by atoms with E-state index in [0.717, 1.165) is 36.6 Å². The van der Waals surface area contributed by atoms with Crippen LogP contribution in [0.2, 0.25) is 0 Å². The van der Waals surface area contributed by atoms with E-state index in [2.05, 4.69) is 70.0 Å². The summed E-state index contributed by atoms with van der Waals surface area (Å²) in [7, 11) is 0. The molecule has 0 aliphatic carbocycles. The van der Waals surface area contributed by atoms with Gasteiger partial charge in [0.1, 0.15) is 0 Å². The van der Waals surface area contributed by atoms with Crippen LogP contribution in [-0.2, 0) is 11.3 Å². The number of rotatable bonds is 6. The Kier molecular flexibility index (Phi) is 5.68. The maximum atomic E-state index is 5.47. The molecular formula is C24H24N4OS. The molecule has 152 valence electrons. The third-order valence-electron chi connectivity index (χ3n) is 5.41. The summed E-state index contributed by atoms with van der Waals surface area (Å²) >= 11 is 1.72. The minimum atomic E-state index is 0.629. The first-order valence-electron chi connectivity index (χ1n) is 10.3. The molecule has 0 unspecified atom stereocenters. The Hall–Kier alpha value is -2.83. The first-order valence-corrected chi connectivity index (χ1v) is 11.1. The van der Waals surface area contributed by atoms with E-state index in [1.165, 1.54) is 16.0 Å². The first-order chi connectivity index (χ1) is 14.8.